The van der Waals surface area contributed by atoms with Crippen molar-refractivity contribution in [1.82, 2.24) is 9.97 Å². The standard InChI is InChI=1S/C15H17BrClN3O/c1-4-7-18-14-9(2)15(20-10(3)19-14)21-13-6-5-11(16)8-12(13)17/h5-6,8H,4,7H2,1-3H3,(H,18,19,20). The summed E-state index contributed by atoms with van der Waals surface area (Å²) in [6.45, 7) is 6.73. The lowest BCUT2D eigenvalue weighted by Gasteiger charge is -2.13. The number of nitrogens with one attached hydrogen (secondary N) is 1. The van der Waals surface area contributed by atoms with E-state index in [4.69, 9.17) is 16.3 Å². The lowest BCUT2D eigenvalue weighted by molar-refractivity contribution is 0.456. The Kier molecular flexibility index (Phi) is 5.42. The van der Waals surface area contributed by atoms with E-state index >= 15 is 0 Å². The van der Waals surface area contributed by atoms with Gasteiger partial charge in [-0.15, -0.1) is 0 Å². The normalized spacial score (nSPS) is 10.5. The molecule has 0 bridgehead atoms. The predicted molar refractivity (Wildman–Crippen MR) is 89.5 cm³/mol. The topological polar surface area (TPSA) is 47.0 Å². The second-order valence-electron chi connectivity index (χ2n) is 4.65. The minimum Gasteiger partial charge on any atom is -0.437 e. The maximum Gasteiger partial charge on any atom is 0.227 e. The van der Waals surface area contributed by atoms with Gasteiger partial charge in [0.05, 0.1) is 10.6 Å². The maximum atomic E-state index is 6.18. The monoisotopic (exact) mass is 369 g/mol. The average Bonchev–Trinajstić information content (AvgIpc) is 2.43. The van der Waals surface area contributed by atoms with Crippen molar-refractivity contribution in [3.8, 4) is 11.6 Å². The number of nitrogens with zero attached hydrogens (tertiary/aromatic N) is 2. The van der Waals surface area contributed by atoms with Crippen LogP contribution in [-0.2, 0) is 0 Å². The van der Waals surface area contributed by atoms with E-state index in [-0.39, 0.29) is 0 Å². The molecule has 0 amide bonds. The summed E-state index contributed by atoms with van der Waals surface area (Å²) in [4.78, 5) is 8.76. The van der Waals surface area contributed by atoms with Gasteiger partial charge in [-0.3, -0.25) is 0 Å². The van der Waals surface area contributed by atoms with Crippen molar-refractivity contribution < 1.29 is 4.74 Å². The number of benzene rings is 1. The van der Waals surface area contributed by atoms with Gasteiger partial charge in [0.2, 0.25) is 5.88 Å². The van der Waals surface area contributed by atoms with Crippen LogP contribution in [0, 0.1) is 13.8 Å². The van der Waals surface area contributed by atoms with Gasteiger partial charge in [0, 0.05) is 11.0 Å². The van der Waals surface area contributed by atoms with Crippen LogP contribution in [0.2, 0.25) is 5.02 Å². The summed E-state index contributed by atoms with van der Waals surface area (Å²) in [7, 11) is 0. The van der Waals surface area contributed by atoms with Gasteiger partial charge < -0.3 is 10.1 Å². The summed E-state index contributed by atoms with van der Waals surface area (Å²) in [6.07, 6.45) is 1.03. The van der Waals surface area contributed by atoms with Crippen molar-refractivity contribution in [2.75, 3.05) is 11.9 Å². The van der Waals surface area contributed by atoms with Crippen LogP contribution in [0.5, 0.6) is 11.6 Å². The Labute approximate surface area is 138 Å². The number of halogens is 2. The summed E-state index contributed by atoms with van der Waals surface area (Å²) >= 11 is 9.55. The molecule has 0 fully saturated rings. The molecule has 4 nitrogen and oxygen atoms in total. The Hall–Kier alpha value is -1.33. The summed E-state index contributed by atoms with van der Waals surface area (Å²) in [6, 6.07) is 5.47. The van der Waals surface area contributed by atoms with Crippen LogP contribution in [-0.4, -0.2) is 16.5 Å². The first kappa shape index (κ1) is 16.0. The van der Waals surface area contributed by atoms with E-state index in [1.807, 2.05) is 26.0 Å². The van der Waals surface area contributed by atoms with Crippen molar-refractivity contribution in [3.05, 3.63) is 39.1 Å². The van der Waals surface area contributed by atoms with Gasteiger partial charge in [-0.05, 0) is 38.5 Å². The third-order valence-electron chi connectivity index (χ3n) is 2.86. The van der Waals surface area contributed by atoms with Gasteiger partial charge in [-0.2, -0.15) is 4.98 Å². The van der Waals surface area contributed by atoms with Gasteiger partial charge in [-0.25, -0.2) is 4.98 Å². The average molecular weight is 371 g/mol. The van der Waals surface area contributed by atoms with Gasteiger partial charge >= 0.3 is 0 Å². The summed E-state index contributed by atoms with van der Waals surface area (Å²) in [5, 5.41) is 3.81. The first-order valence-electron chi connectivity index (χ1n) is 6.73. The summed E-state index contributed by atoms with van der Waals surface area (Å²) in [5.74, 6) is 2.54. The molecule has 1 heterocycles. The van der Waals surface area contributed by atoms with Crippen LogP contribution < -0.4 is 10.1 Å². The minimum atomic E-state index is 0.519. The van der Waals surface area contributed by atoms with Crippen molar-refractivity contribution in [1.29, 1.82) is 0 Å². The zero-order valence-electron chi connectivity index (χ0n) is 12.2. The molecule has 0 aliphatic carbocycles. The molecule has 6 heteroatoms. The molecule has 0 saturated heterocycles. The predicted octanol–water partition coefficient (Wildman–Crippen LogP) is 5.12. The van der Waals surface area contributed by atoms with Crippen molar-refractivity contribution >= 4 is 33.3 Å². The van der Waals surface area contributed by atoms with Crippen LogP contribution in [0.15, 0.2) is 22.7 Å². The first-order chi connectivity index (χ1) is 10.0. The van der Waals surface area contributed by atoms with E-state index < -0.39 is 0 Å². The highest BCUT2D eigenvalue weighted by Crippen LogP contribution is 2.33. The molecule has 0 spiro atoms. The Morgan fingerprint density at radius 2 is 2.05 bits per heavy atom. The molecule has 0 atom stereocenters. The quantitative estimate of drug-likeness (QED) is 0.793. The largest absolute Gasteiger partial charge is 0.437 e. The third kappa shape index (κ3) is 4.08. The number of hydrogen-bond acceptors (Lipinski definition) is 4. The molecule has 21 heavy (non-hydrogen) atoms. The van der Waals surface area contributed by atoms with Crippen molar-refractivity contribution in [2.24, 2.45) is 0 Å². The number of rotatable bonds is 5. The lowest BCUT2D eigenvalue weighted by atomic mass is 10.3. The summed E-state index contributed by atoms with van der Waals surface area (Å²) in [5.41, 5.74) is 0.869. The van der Waals surface area contributed by atoms with Crippen molar-refractivity contribution in [3.63, 3.8) is 0 Å². The van der Waals surface area contributed by atoms with E-state index in [0.29, 0.717) is 22.5 Å². The number of hydrogen-bond donors (Lipinski definition) is 1. The second-order valence-corrected chi connectivity index (χ2v) is 5.98. The molecular weight excluding hydrogens is 354 g/mol. The second kappa shape index (κ2) is 7.09. The Balaban J connectivity index is 2.32. The Morgan fingerprint density at radius 1 is 1.29 bits per heavy atom. The number of aromatic nitrogens is 2. The molecule has 1 aromatic heterocycles. The molecular formula is C15H17BrClN3O. The van der Waals surface area contributed by atoms with Crippen LogP contribution in [0.1, 0.15) is 24.7 Å². The zero-order valence-corrected chi connectivity index (χ0v) is 14.5. The Morgan fingerprint density at radius 3 is 2.71 bits per heavy atom. The fourth-order valence-corrected chi connectivity index (χ4v) is 2.49. The molecule has 0 saturated carbocycles. The maximum absolute atomic E-state index is 6.18. The van der Waals surface area contributed by atoms with E-state index in [0.717, 1.165) is 28.8 Å². The van der Waals surface area contributed by atoms with Gasteiger partial charge in [0.1, 0.15) is 17.4 Å². The highest BCUT2D eigenvalue weighted by atomic mass is 79.9. The zero-order chi connectivity index (χ0) is 15.4. The van der Waals surface area contributed by atoms with E-state index in [1.54, 1.807) is 6.07 Å². The van der Waals surface area contributed by atoms with Gasteiger partial charge in [-0.1, -0.05) is 34.5 Å². The molecule has 0 unspecified atom stereocenters. The Bertz CT molecular complexity index is 649. The highest BCUT2D eigenvalue weighted by Gasteiger charge is 2.12. The third-order valence-corrected chi connectivity index (χ3v) is 3.64. The fourth-order valence-electron chi connectivity index (χ4n) is 1.78. The van der Waals surface area contributed by atoms with E-state index in [1.165, 1.54) is 0 Å². The van der Waals surface area contributed by atoms with Crippen LogP contribution in [0.4, 0.5) is 5.82 Å². The van der Waals surface area contributed by atoms with Crippen LogP contribution in [0.3, 0.4) is 0 Å². The number of anilines is 1. The smallest absolute Gasteiger partial charge is 0.227 e. The SMILES string of the molecule is CCCNc1nc(C)nc(Oc2ccc(Br)cc2Cl)c1C. The summed E-state index contributed by atoms with van der Waals surface area (Å²) < 4.78 is 6.76. The molecule has 2 rings (SSSR count). The highest BCUT2D eigenvalue weighted by molar-refractivity contribution is 9.10. The van der Waals surface area contributed by atoms with Gasteiger partial charge in [0.25, 0.3) is 0 Å². The molecule has 0 aliphatic rings. The molecule has 112 valence electrons. The molecule has 2 aromatic rings. The van der Waals surface area contributed by atoms with Crippen molar-refractivity contribution in [2.45, 2.75) is 27.2 Å². The molecule has 1 aromatic carbocycles. The van der Waals surface area contributed by atoms with E-state index in [9.17, 15) is 0 Å². The van der Waals surface area contributed by atoms with Gasteiger partial charge in [0.15, 0.2) is 0 Å². The molecule has 1 N–H and O–H groups in total. The van der Waals surface area contributed by atoms with E-state index in [2.05, 4.69) is 38.1 Å². The van der Waals surface area contributed by atoms with Crippen LogP contribution in [0.25, 0.3) is 0 Å². The molecule has 0 radical (unpaired) electrons. The lowest BCUT2D eigenvalue weighted by Crippen LogP contribution is -2.07. The van der Waals surface area contributed by atoms with Crippen LogP contribution >= 0.6 is 27.5 Å². The molecule has 0 aliphatic heterocycles. The minimum absolute atomic E-state index is 0.519. The number of aryl methyl sites for hydroxylation is 1. The number of ether oxygens (including phenoxy) is 1. The first-order valence-corrected chi connectivity index (χ1v) is 7.90. The fraction of sp³-hybridized carbons (Fsp3) is 0.333.